The molecule has 2 aromatic heterocycles. The van der Waals surface area contributed by atoms with E-state index in [9.17, 15) is 8.42 Å². The summed E-state index contributed by atoms with van der Waals surface area (Å²) in [5.74, 6) is 0. The number of sulfonamides is 1. The van der Waals surface area contributed by atoms with Crippen LogP contribution >= 0.6 is 11.3 Å². The number of pyridine rings is 1. The Kier molecular flexibility index (Phi) is 4.13. The fraction of sp³-hybridized carbons (Fsp3) is 0.250. The van der Waals surface area contributed by atoms with Gasteiger partial charge < -0.3 is 0 Å². The lowest BCUT2D eigenvalue weighted by Gasteiger charge is -2.11. The lowest BCUT2D eigenvalue weighted by molar-refractivity contribution is 0.566. The van der Waals surface area contributed by atoms with Crippen LogP contribution in [0.4, 0.5) is 0 Å². The summed E-state index contributed by atoms with van der Waals surface area (Å²) in [5, 5.41) is 9.34. The molecular formula is C12H12N4O2S2. The zero-order chi connectivity index (χ0) is 14.8. The molecule has 2 rings (SSSR count). The van der Waals surface area contributed by atoms with Gasteiger partial charge in [-0.3, -0.25) is 0 Å². The maximum atomic E-state index is 12.2. The highest BCUT2D eigenvalue weighted by molar-refractivity contribution is 7.89. The van der Waals surface area contributed by atoms with Gasteiger partial charge in [-0.15, -0.1) is 11.3 Å². The first kappa shape index (κ1) is 14.6. The molecule has 0 aromatic carbocycles. The third kappa shape index (κ3) is 3.19. The number of nitrogens with zero attached hydrogens (tertiary/aromatic N) is 3. The number of aromatic nitrogens is 2. The molecule has 0 spiro atoms. The molecule has 1 N–H and O–H groups in total. The van der Waals surface area contributed by atoms with Crippen molar-refractivity contribution in [2.45, 2.75) is 24.8 Å². The van der Waals surface area contributed by atoms with Gasteiger partial charge in [0.15, 0.2) is 0 Å². The Labute approximate surface area is 121 Å². The summed E-state index contributed by atoms with van der Waals surface area (Å²) in [5.41, 5.74) is 0.174. The zero-order valence-corrected chi connectivity index (χ0v) is 12.5. The first-order valence-electron chi connectivity index (χ1n) is 5.73. The molecular weight excluding hydrogens is 296 g/mol. The molecule has 0 saturated carbocycles. The van der Waals surface area contributed by atoms with Crippen LogP contribution in [0.1, 0.15) is 28.5 Å². The molecule has 2 heterocycles. The van der Waals surface area contributed by atoms with E-state index in [1.165, 1.54) is 29.7 Å². The van der Waals surface area contributed by atoms with E-state index in [1.54, 1.807) is 13.1 Å². The van der Waals surface area contributed by atoms with Crippen molar-refractivity contribution >= 4 is 21.4 Å². The first-order chi connectivity index (χ1) is 9.42. The third-order valence-corrected chi connectivity index (χ3v) is 5.12. The van der Waals surface area contributed by atoms with Gasteiger partial charge in [-0.2, -0.15) is 5.26 Å². The number of nitriles is 1. The van der Waals surface area contributed by atoms with Crippen molar-refractivity contribution in [3.8, 4) is 6.07 Å². The summed E-state index contributed by atoms with van der Waals surface area (Å²) in [6.07, 6.45) is 2.87. The Balaban J connectivity index is 2.20. The van der Waals surface area contributed by atoms with Crippen LogP contribution < -0.4 is 4.72 Å². The van der Waals surface area contributed by atoms with Gasteiger partial charge in [0.25, 0.3) is 0 Å². The molecule has 8 heteroatoms. The highest BCUT2D eigenvalue weighted by Crippen LogP contribution is 2.21. The van der Waals surface area contributed by atoms with Gasteiger partial charge in [0, 0.05) is 17.3 Å². The molecule has 104 valence electrons. The molecule has 0 amide bonds. The lowest BCUT2D eigenvalue weighted by Crippen LogP contribution is -2.26. The number of rotatable bonds is 4. The van der Waals surface area contributed by atoms with E-state index in [4.69, 9.17) is 5.26 Å². The van der Waals surface area contributed by atoms with Gasteiger partial charge in [-0.05, 0) is 26.0 Å². The molecule has 20 heavy (non-hydrogen) atoms. The first-order valence-corrected chi connectivity index (χ1v) is 8.03. The van der Waals surface area contributed by atoms with E-state index in [-0.39, 0.29) is 10.6 Å². The molecule has 0 fully saturated rings. The van der Waals surface area contributed by atoms with Crippen molar-refractivity contribution < 1.29 is 8.42 Å². The van der Waals surface area contributed by atoms with Gasteiger partial charge >= 0.3 is 0 Å². The molecule has 2 aromatic rings. The Bertz CT molecular complexity index is 745. The van der Waals surface area contributed by atoms with E-state index in [1.807, 2.05) is 13.0 Å². The molecule has 6 nitrogen and oxygen atoms in total. The Morgan fingerprint density at radius 2 is 2.10 bits per heavy atom. The summed E-state index contributed by atoms with van der Waals surface area (Å²) in [6, 6.07) is 4.14. The van der Waals surface area contributed by atoms with E-state index in [0.29, 0.717) is 5.01 Å². The Morgan fingerprint density at radius 3 is 2.60 bits per heavy atom. The normalized spacial score (nSPS) is 12.8. The Morgan fingerprint density at radius 1 is 1.35 bits per heavy atom. The van der Waals surface area contributed by atoms with Crippen molar-refractivity contribution in [1.82, 2.24) is 14.7 Å². The number of nitrogens with one attached hydrogen (secondary N) is 1. The summed E-state index contributed by atoms with van der Waals surface area (Å²) in [6.45, 7) is 3.64. The molecule has 1 atom stereocenters. The van der Waals surface area contributed by atoms with Gasteiger partial charge in [0.05, 0.1) is 6.04 Å². The van der Waals surface area contributed by atoms with Crippen LogP contribution in [0.15, 0.2) is 29.4 Å². The van der Waals surface area contributed by atoms with Crippen LogP contribution in [-0.2, 0) is 10.0 Å². The average molecular weight is 308 g/mol. The molecule has 0 saturated heterocycles. The fourth-order valence-corrected chi connectivity index (χ4v) is 3.53. The van der Waals surface area contributed by atoms with Crippen molar-refractivity contribution in [1.29, 1.82) is 5.26 Å². The van der Waals surface area contributed by atoms with Crippen molar-refractivity contribution in [3.05, 3.63) is 40.1 Å². The van der Waals surface area contributed by atoms with Crippen LogP contribution in [0.2, 0.25) is 0 Å². The summed E-state index contributed by atoms with van der Waals surface area (Å²) in [4.78, 5) is 8.95. The van der Waals surface area contributed by atoms with E-state index >= 15 is 0 Å². The molecule has 0 aliphatic heterocycles. The van der Waals surface area contributed by atoms with Crippen LogP contribution in [0.25, 0.3) is 0 Å². The Hall–Kier alpha value is -1.82. The van der Waals surface area contributed by atoms with Crippen LogP contribution in [0.5, 0.6) is 0 Å². The van der Waals surface area contributed by atoms with Crippen molar-refractivity contribution in [2.24, 2.45) is 0 Å². The van der Waals surface area contributed by atoms with Crippen LogP contribution in [0.3, 0.4) is 0 Å². The highest BCUT2D eigenvalue weighted by Gasteiger charge is 2.20. The van der Waals surface area contributed by atoms with Crippen LogP contribution in [-0.4, -0.2) is 18.4 Å². The van der Waals surface area contributed by atoms with E-state index in [0.717, 1.165) is 4.88 Å². The summed E-state index contributed by atoms with van der Waals surface area (Å²) < 4.78 is 26.9. The smallest absolute Gasteiger partial charge is 0.242 e. The standard InChI is InChI=1S/C12H12N4O2S2/c1-8-6-15-12(19-8)9(2)16-20(17,18)11-4-3-10(5-13)14-7-11/h3-4,6-7,9,16H,1-2H3. The van der Waals surface area contributed by atoms with E-state index in [2.05, 4.69) is 14.7 Å². The van der Waals surface area contributed by atoms with Gasteiger partial charge in [-0.1, -0.05) is 0 Å². The lowest BCUT2D eigenvalue weighted by atomic mass is 10.4. The second kappa shape index (κ2) is 5.66. The summed E-state index contributed by atoms with van der Waals surface area (Å²) in [7, 11) is -3.68. The third-order valence-electron chi connectivity index (χ3n) is 2.50. The molecule has 0 aliphatic rings. The van der Waals surface area contributed by atoms with Gasteiger partial charge in [0.2, 0.25) is 10.0 Å². The average Bonchev–Trinajstić information content (AvgIpc) is 2.85. The number of thiazole rings is 1. The monoisotopic (exact) mass is 308 g/mol. The summed E-state index contributed by atoms with van der Waals surface area (Å²) >= 11 is 1.44. The minimum atomic E-state index is -3.68. The second-order valence-corrected chi connectivity index (χ2v) is 7.12. The quantitative estimate of drug-likeness (QED) is 0.928. The topological polar surface area (TPSA) is 95.7 Å². The van der Waals surface area contributed by atoms with Gasteiger partial charge in [-0.25, -0.2) is 23.1 Å². The SMILES string of the molecule is Cc1cnc(C(C)NS(=O)(=O)c2ccc(C#N)nc2)s1. The number of hydrogen-bond donors (Lipinski definition) is 1. The minimum Gasteiger partial charge on any atom is -0.248 e. The number of aryl methyl sites for hydroxylation is 1. The zero-order valence-electron chi connectivity index (χ0n) is 10.9. The second-order valence-electron chi connectivity index (χ2n) is 4.14. The molecule has 0 radical (unpaired) electrons. The molecule has 0 bridgehead atoms. The largest absolute Gasteiger partial charge is 0.248 e. The van der Waals surface area contributed by atoms with E-state index < -0.39 is 16.1 Å². The molecule has 0 aliphatic carbocycles. The molecule has 1 unspecified atom stereocenters. The van der Waals surface area contributed by atoms with Crippen molar-refractivity contribution in [2.75, 3.05) is 0 Å². The highest BCUT2D eigenvalue weighted by atomic mass is 32.2. The van der Waals surface area contributed by atoms with Gasteiger partial charge in [0.1, 0.15) is 21.7 Å². The maximum Gasteiger partial charge on any atom is 0.242 e. The minimum absolute atomic E-state index is 0.0247. The predicted molar refractivity (Wildman–Crippen MR) is 74.5 cm³/mol. The maximum absolute atomic E-state index is 12.2. The van der Waals surface area contributed by atoms with Crippen LogP contribution in [0, 0.1) is 18.3 Å². The predicted octanol–water partition coefficient (Wildman–Crippen LogP) is 1.76. The number of hydrogen-bond acceptors (Lipinski definition) is 6. The fourth-order valence-electron chi connectivity index (χ4n) is 1.53. The van der Waals surface area contributed by atoms with Crippen molar-refractivity contribution in [3.63, 3.8) is 0 Å².